The highest BCUT2D eigenvalue weighted by Gasteiger charge is 2.23. The molecular weight excluding hydrogens is 240 g/mol. The normalized spacial score (nSPS) is 15.8. The van der Waals surface area contributed by atoms with Crippen molar-refractivity contribution in [1.82, 2.24) is 9.88 Å². The van der Waals surface area contributed by atoms with Gasteiger partial charge in [0.15, 0.2) is 5.78 Å². The zero-order valence-electron chi connectivity index (χ0n) is 10.5. The molecule has 1 amide bonds. The van der Waals surface area contributed by atoms with Crippen molar-refractivity contribution in [2.75, 3.05) is 13.1 Å². The van der Waals surface area contributed by atoms with Crippen molar-refractivity contribution in [2.45, 2.75) is 12.8 Å². The van der Waals surface area contributed by atoms with Crippen LogP contribution in [-0.2, 0) is 4.79 Å². The fraction of sp³-hybridized carbons (Fsp3) is 0.267. The van der Waals surface area contributed by atoms with E-state index < -0.39 is 0 Å². The summed E-state index contributed by atoms with van der Waals surface area (Å²) in [7, 11) is 0. The molecule has 1 fully saturated rings. The first kappa shape index (κ1) is 11.8. The van der Waals surface area contributed by atoms with E-state index in [2.05, 4.69) is 4.98 Å². The molecule has 4 heteroatoms. The predicted octanol–water partition coefficient (Wildman–Crippen LogP) is 2.04. The lowest BCUT2D eigenvalue weighted by Crippen LogP contribution is -2.40. The molecule has 1 aromatic carbocycles. The Balaban J connectivity index is 1.90. The van der Waals surface area contributed by atoms with E-state index in [0.717, 1.165) is 17.3 Å². The van der Waals surface area contributed by atoms with Crippen LogP contribution < -0.4 is 0 Å². The van der Waals surface area contributed by atoms with Gasteiger partial charge in [0.2, 0.25) is 0 Å². The number of hydrogen-bond donors (Lipinski definition) is 0. The Morgan fingerprint density at radius 3 is 2.84 bits per heavy atom. The average Bonchev–Trinajstić information content (AvgIpc) is 2.46. The Morgan fingerprint density at radius 1 is 1.16 bits per heavy atom. The highest BCUT2D eigenvalue weighted by Crippen LogP contribution is 2.15. The fourth-order valence-electron chi connectivity index (χ4n) is 2.36. The van der Waals surface area contributed by atoms with Gasteiger partial charge in [-0.25, -0.2) is 4.98 Å². The monoisotopic (exact) mass is 254 g/mol. The van der Waals surface area contributed by atoms with Crippen LogP contribution in [0.2, 0.25) is 0 Å². The van der Waals surface area contributed by atoms with Gasteiger partial charge in [-0.15, -0.1) is 0 Å². The number of fused-ring (bicyclic) bond motifs is 1. The van der Waals surface area contributed by atoms with Crippen LogP contribution in [0.1, 0.15) is 23.3 Å². The molecule has 0 atom stereocenters. The van der Waals surface area contributed by atoms with Gasteiger partial charge in [0.05, 0.1) is 12.1 Å². The van der Waals surface area contributed by atoms with Crippen molar-refractivity contribution in [3.63, 3.8) is 0 Å². The second-order valence-corrected chi connectivity index (χ2v) is 4.76. The number of carbonyl (C=O) groups excluding carboxylic acids is 2. The summed E-state index contributed by atoms with van der Waals surface area (Å²) < 4.78 is 0. The Labute approximate surface area is 111 Å². The summed E-state index contributed by atoms with van der Waals surface area (Å²) in [6.45, 7) is 0.854. The predicted molar refractivity (Wildman–Crippen MR) is 71.9 cm³/mol. The molecule has 1 aliphatic rings. The van der Waals surface area contributed by atoms with E-state index in [1.54, 1.807) is 11.0 Å². The van der Waals surface area contributed by atoms with Gasteiger partial charge in [0.25, 0.3) is 5.91 Å². The molecule has 2 aromatic rings. The second-order valence-electron chi connectivity index (χ2n) is 4.76. The summed E-state index contributed by atoms with van der Waals surface area (Å²) in [6, 6.07) is 11.3. The Kier molecular flexibility index (Phi) is 2.99. The molecule has 19 heavy (non-hydrogen) atoms. The zero-order chi connectivity index (χ0) is 13.2. The quantitative estimate of drug-likeness (QED) is 0.782. The topological polar surface area (TPSA) is 50.3 Å². The summed E-state index contributed by atoms with van der Waals surface area (Å²) in [6.07, 6.45) is 1.33. The van der Waals surface area contributed by atoms with E-state index in [-0.39, 0.29) is 18.2 Å². The number of piperidine rings is 1. The number of rotatable bonds is 1. The van der Waals surface area contributed by atoms with E-state index in [1.807, 2.05) is 30.3 Å². The van der Waals surface area contributed by atoms with E-state index in [0.29, 0.717) is 18.7 Å². The van der Waals surface area contributed by atoms with Gasteiger partial charge in [-0.1, -0.05) is 24.3 Å². The first-order chi connectivity index (χ1) is 9.24. The van der Waals surface area contributed by atoms with E-state index in [4.69, 9.17) is 0 Å². The summed E-state index contributed by atoms with van der Waals surface area (Å²) in [5.41, 5.74) is 1.21. The Morgan fingerprint density at radius 2 is 2.00 bits per heavy atom. The van der Waals surface area contributed by atoms with Gasteiger partial charge in [-0.3, -0.25) is 9.59 Å². The molecule has 0 saturated carbocycles. The molecule has 3 rings (SSSR count). The first-order valence-electron chi connectivity index (χ1n) is 6.41. The maximum Gasteiger partial charge on any atom is 0.272 e. The largest absolute Gasteiger partial charge is 0.330 e. The molecule has 96 valence electrons. The lowest BCUT2D eigenvalue weighted by atomic mass is 10.1. The lowest BCUT2D eigenvalue weighted by molar-refractivity contribution is -0.121. The SMILES string of the molecule is O=C1CCCN(C(=O)c2ccc3ccccc3n2)C1. The number of pyridine rings is 1. The van der Waals surface area contributed by atoms with Crippen LogP contribution in [-0.4, -0.2) is 34.7 Å². The number of nitrogens with zero attached hydrogens (tertiary/aromatic N) is 2. The summed E-state index contributed by atoms with van der Waals surface area (Å²) in [4.78, 5) is 29.7. The maximum atomic E-state index is 12.3. The highest BCUT2D eigenvalue weighted by molar-refractivity contribution is 5.97. The van der Waals surface area contributed by atoms with Crippen LogP contribution in [0.3, 0.4) is 0 Å². The minimum Gasteiger partial charge on any atom is -0.330 e. The summed E-state index contributed by atoms with van der Waals surface area (Å²) in [5, 5.41) is 1.01. The molecule has 1 saturated heterocycles. The summed E-state index contributed by atoms with van der Waals surface area (Å²) in [5.74, 6) is -0.0285. The van der Waals surface area contributed by atoms with Crippen LogP contribution in [0.15, 0.2) is 36.4 Å². The molecule has 0 bridgehead atoms. The molecule has 4 nitrogen and oxygen atoms in total. The van der Waals surface area contributed by atoms with Gasteiger partial charge in [0.1, 0.15) is 5.69 Å². The van der Waals surface area contributed by atoms with E-state index >= 15 is 0 Å². The van der Waals surface area contributed by atoms with Crippen molar-refractivity contribution >= 4 is 22.6 Å². The molecule has 0 aliphatic carbocycles. The van der Waals surface area contributed by atoms with E-state index in [1.165, 1.54) is 0 Å². The van der Waals surface area contributed by atoms with Gasteiger partial charge >= 0.3 is 0 Å². The van der Waals surface area contributed by atoms with E-state index in [9.17, 15) is 9.59 Å². The number of para-hydroxylation sites is 1. The first-order valence-corrected chi connectivity index (χ1v) is 6.41. The molecular formula is C15H14N2O2. The average molecular weight is 254 g/mol. The van der Waals surface area contributed by atoms with Crippen molar-refractivity contribution in [3.8, 4) is 0 Å². The molecule has 2 heterocycles. The minimum absolute atomic E-state index is 0.125. The third-order valence-corrected chi connectivity index (χ3v) is 3.36. The molecule has 0 N–H and O–H groups in total. The Bertz CT molecular complexity index is 651. The number of Topliss-reactive ketones (excluding diaryl/α,β-unsaturated/α-hetero) is 1. The number of ketones is 1. The fourth-order valence-corrected chi connectivity index (χ4v) is 2.36. The zero-order valence-corrected chi connectivity index (χ0v) is 10.5. The number of aromatic nitrogens is 1. The molecule has 0 spiro atoms. The summed E-state index contributed by atoms with van der Waals surface area (Å²) >= 11 is 0. The van der Waals surface area contributed by atoms with Crippen molar-refractivity contribution in [2.24, 2.45) is 0 Å². The van der Waals surface area contributed by atoms with Gasteiger partial charge in [-0.2, -0.15) is 0 Å². The number of likely N-dealkylation sites (tertiary alicyclic amines) is 1. The van der Waals surface area contributed by atoms with Crippen molar-refractivity contribution in [3.05, 3.63) is 42.1 Å². The number of hydrogen-bond acceptors (Lipinski definition) is 3. The minimum atomic E-state index is -0.154. The van der Waals surface area contributed by atoms with Crippen LogP contribution >= 0.6 is 0 Å². The molecule has 1 aliphatic heterocycles. The van der Waals surface area contributed by atoms with Gasteiger partial charge < -0.3 is 4.90 Å². The number of amides is 1. The maximum absolute atomic E-state index is 12.3. The van der Waals surface area contributed by atoms with Crippen LogP contribution in [0, 0.1) is 0 Å². The van der Waals surface area contributed by atoms with Gasteiger partial charge in [0, 0.05) is 18.4 Å². The van der Waals surface area contributed by atoms with Crippen LogP contribution in [0.25, 0.3) is 10.9 Å². The molecule has 0 radical (unpaired) electrons. The van der Waals surface area contributed by atoms with Crippen LogP contribution in [0.5, 0.6) is 0 Å². The van der Waals surface area contributed by atoms with Crippen LogP contribution in [0.4, 0.5) is 0 Å². The molecule has 1 aromatic heterocycles. The standard InChI is InChI=1S/C15H14N2O2/c18-12-5-3-9-17(10-12)15(19)14-8-7-11-4-1-2-6-13(11)16-14/h1-2,4,6-8H,3,5,9-10H2. The highest BCUT2D eigenvalue weighted by atomic mass is 16.2. The van der Waals surface area contributed by atoms with Crippen molar-refractivity contribution in [1.29, 1.82) is 0 Å². The van der Waals surface area contributed by atoms with Gasteiger partial charge in [-0.05, 0) is 18.6 Å². The number of carbonyl (C=O) groups is 2. The third kappa shape index (κ3) is 2.34. The molecule has 0 unspecified atom stereocenters. The third-order valence-electron chi connectivity index (χ3n) is 3.36. The van der Waals surface area contributed by atoms with Crippen molar-refractivity contribution < 1.29 is 9.59 Å². The Hall–Kier alpha value is -2.23. The number of benzene rings is 1. The second kappa shape index (κ2) is 4.80. The smallest absolute Gasteiger partial charge is 0.272 e. The lowest BCUT2D eigenvalue weighted by Gasteiger charge is -2.25.